The fourth-order valence-electron chi connectivity index (χ4n) is 2.53. The zero-order valence-electron chi connectivity index (χ0n) is 15.3. The lowest BCUT2D eigenvalue weighted by molar-refractivity contribution is 0.322. The predicted octanol–water partition coefficient (Wildman–Crippen LogP) is 2.52. The Morgan fingerprint density at radius 1 is 1.07 bits per heavy atom. The van der Waals surface area contributed by atoms with Crippen LogP contribution < -0.4 is 15.4 Å². The van der Waals surface area contributed by atoms with Gasteiger partial charge in [-0.25, -0.2) is 0 Å². The zero-order chi connectivity index (χ0) is 18.0. The highest BCUT2D eigenvalue weighted by molar-refractivity contribution is 14.0. The summed E-state index contributed by atoms with van der Waals surface area (Å²) in [6.45, 7) is 4.73. The number of nitrogens with one attached hydrogen (secondary N) is 2. The van der Waals surface area contributed by atoms with E-state index in [0.717, 1.165) is 36.1 Å². The van der Waals surface area contributed by atoms with Gasteiger partial charge in [-0.15, -0.1) is 34.2 Å². The average Bonchev–Trinajstić information content (AvgIpc) is 3.09. The summed E-state index contributed by atoms with van der Waals surface area (Å²) in [5, 5.41) is 14.9. The number of hydrogen-bond acceptors (Lipinski definition) is 4. The number of guanidine groups is 1. The molecule has 27 heavy (non-hydrogen) atoms. The molecule has 0 aliphatic rings. The summed E-state index contributed by atoms with van der Waals surface area (Å²) >= 11 is 0. The van der Waals surface area contributed by atoms with Crippen LogP contribution >= 0.6 is 24.0 Å². The van der Waals surface area contributed by atoms with Gasteiger partial charge in [-0.3, -0.25) is 9.39 Å². The average molecular weight is 480 g/mol. The van der Waals surface area contributed by atoms with E-state index in [4.69, 9.17) is 4.74 Å². The van der Waals surface area contributed by atoms with Crippen LogP contribution in [0.3, 0.4) is 0 Å². The minimum Gasteiger partial charge on any atom is -0.492 e. The number of halogens is 1. The van der Waals surface area contributed by atoms with E-state index in [-0.39, 0.29) is 24.0 Å². The van der Waals surface area contributed by atoms with E-state index in [1.807, 2.05) is 66.1 Å². The molecule has 0 atom stereocenters. The lowest BCUT2D eigenvalue weighted by atomic mass is 10.3. The Morgan fingerprint density at radius 2 is 1.89 bits per heavy atom. The van der Waals surface area contributed by atoms with Crippen LogP contribution in [-0.2, 0) is 6.42 Å². The number of aromatic nitrogens is 3. The molecule has 0 saturated carbocycles. The molecule has 7 nitrogen and oxygen atoms in total. The van der Waals surface area contributed by atoms with Crippen molar-refractivity contribution in [3.63, 3.8) is 0 Å². The molecule has 0 radical (unpaired) electrons. The van der Waals surface area contributed by atoms with Crippen LogP contribution in [0, 0.1) is 0 Å². The molecule has 0 aliphatic heterocycles. The molecule has 0 fully saturated rings. The zero-order valence-corrected chi connectivity index (χ0v) is 17.7. The molecule has 0 bridgehead atoms. The first-order valence-electron chi connectivity index (χ1n) is 8.85. The summed E-state index contributed by atoms with van der Waals surface area (Å²) in [4.78, 5) is 4.60. The maximum atomic E-state index is 5.68. The Bertz CT molecular complexity index is 836. The minimum absolute atomic E-state index is 0. The molecule has 0 saturated heterocycles. The van der Waals surface area contributed by atoms with E-state index >= 15 is 0 Å². The molecule has 8 heteroatoms. The summed E-state index contributed by atoms with van der Waals surface area (Å²) in [5.41, 5.74) is 0.856. The van der Waals surface area contributed by atoms with Gasteiger partial charge >= 0.3 is 0 Å². The second-order valence-corrected chi connectivity index (χ2v) is 5.64. The van der Waals surface area contributed by atoms with Crippen molar-refractivity contribution in [3.8, 4) is 5.75 Å². The second kappa shape index (κ2) is 11.4. The van der Waals surface area contributed by atoms with Crippen molar-refractivity contribution in [2.24, 2.45) is 4.99 Å². The summed E-state index contributed by atoms with van der Waals surface area (Å²) in [7, 11) is 0. The van der Waals surface area contributed by atoms with E-state index < -0.39 is 0 Å². The Morgan fingerprint density at radius 3 is 2.70 bits per heavy atom. The standard InChI is InChI=1S/C19H24N6O.HI/c1-2-20-19(22-13-15-26-16-8-4-3-5-9-16)21-12-11-18-24-23-17-10-6-7-14-25(17)18;/h3-10,14H,2,11-13,15H2,1H3,(H2,20,21,22);1H. The van der Waals surface area contributed by atoms with Crippen LogP contribution in [0.25, 0.3) is 5.65 Å². The van der Waals surface area contributed by atoms with E-state index in [1.165, 1.54) is 0 Å². The predicted molar refractivity (Wildman–Crippen MR) is 118 cm³/mol. The molecule has 2 heterocycles. The normalized spacial score (nSPS) is 11.1. The highest BCUT2D eigenvalue weighted by atomic mass is 127. The van der Waals surface area contributed by atoms with Gasteiger partial charge in [0.15, 0.2) is 11.6 Å². The van der Waals surface area contributed by atoms with E-state index in [9.17, 15) is 0 Å². The van der Waals surface area contributed by atoms with Gasteiger partial charge < -0.3 is 15.4 Å². The van der Waals surface area contributed by atoms with Crippen molar-refractivity contribution in [3.05, 3.63) is 60.6 Å². The first-order valence-corrected chi connectivity index (χ1v) is 8.85. The minimum atomic E-state index is 0. The molecule has 0 aliphatic carbocycles. The van der Waals surface area contributed by atoms with Gasteiger partial charge in [0.2, 0.25) is 0 Å². The molecular weight excluding hydrogens is 455 g/mol. The van der Waals surface area contributed by atoms with Crippen LogP contribution in [0.1, 0.15) is 12.7 Å². The second-order valence-electron chi connectivity index (χ2n) is 5.64. The number of aliphatic imine (C=N–C) groups is 1. The summed E-state index contributed by atoms with van der Waals surface area (Å²) < 4.78 is 7.67. The van der Waals surface area contributed by atoms with Crippen LogP contribution in [-0.4, -0.2) is 46.8 Å². The topological polar surface area (TPSA) is 75.8 Å². The quantitative estimate of drug-likeness (QED) is 0.224. The van der Waals surface area contributed by atoms with Crippen molar-refractivity contribution < 1.29 is 4.74 Å². The number of fused-ring (bicyclic) bond motifs is 1. The van der Waals surface area contributed by atoms with Crippen molar-refractivity contribution in [2.75, 3.05) is 26.2 Å². The van der Waals surface area contributed by atoms with E-state index in [2.05, 4.69) is 25.8 Å². The molecule has 1 aromatic carbocycles. The molecule has 2 N–H and O–H groups in total. The van der Waals surface area contributed by atoms with Crippen LogP contribution in [0.5, 0.6) is 5.75 Å². The van der Waals surface area contributed by atoms with Gasteiger partial charge in [-0.2, -0.15) is 0 Å². The number of pyridine rings is 1. The number of para-hydroxylation sites is 1. The number of hydrogen-bond donors (Lipinski definition) is 2. The van der Waals surface area contributed by atoms with Gasteiger partial charge in [0.25, 0.3) is 0 Å². The van der Waals surface area contributed by atoms with Crippen molar-refractivity contribution in [1.82, 2.24) is 25.2 Å². The maximum Gasteiger partial charge on any atom is 0.191 e. The molecule has 2 aromatic heterocycles. The van der Waals surface area contributed by atoms with Crippen molar-refractivity contribution >= 4 is 35.6 Å². The Hall–Kier alpha value is -2.36. The van der Waals surface area contributed by atoms with Gasteiger partial charge in [-0.05, 0) is 31.2 Å². The first-order chi connectivity index (χ1) is 12.9. The summed E-state index contributed by atoms with van der Waals surface area (Å²) in [6, 6.07) is 15.7. The number of nitrogens with zero attached hydrogens (tertiary/aromatic N) is 4. The van der Waals surface area contributed by atoms with E-state index in [0.29, 0.717) is 19.7 Å². The van der Waals surface area contributed by atoms with Crippen LogP contribution in [0.15, 0.2) is 59.7 Å². The van der Waals surface area contributed by atoms with Gasteiger partial charge in [0.05, 0.1) is 6.54 Å². The molecular formula is C19H25IN6O. The number of benzene rings is 1. The fraction of sp³-hybridized carbons (Fsp3) is 0.316. The number of ether oxygens (including phenoxy) is 1. The lowest BCUT2D eigenvalue weighted by Gasteiger charge is -2.12. The lowest BCUT2D eigenvalue weighted by Crippen LogP contribution is -2.39. The Labute approximate surface area is 176 Å². The van der Waals surface area contributed by atoms with Gasteiger partial charge in [0, 0.05) is 25.7 Å². The Kier molecular flexibility index (Phi) is 8.82. The van der Waals surface area contributed by atoms with E-state index in [1.54, 1.807) is 0 Å². The molecule has 3 rings (SSSR count). The summed E-state index contributed by atoms with van der Waals surface area (Å²) in [5.74, 6) is 2.56. The van der Waals surface area contributed by atoms with Crippen molar-refractivity contribution in [1.29, 1.82) is 0 Å². The largest absolute Gasteiger partial charge is 0.492 e. The highest BCUT2D eigenvalue weighted by Gasteiger charge is 2.04. The van der Waals surface area contributed by atoms with Gasteiger partial charge in [0.1, 0.15) is 18.2 Å². The van der Waals surface area contributed by atoms with Crippen LogP contribution in [0.4, 0.5) is 0 Å². The highest BCUT2D eigenvalue weighted by Crippen LogP contribution is 2.07. The van der Waals surface area contributed by atoms with Crippen LogP contribution in [0.2, 0.25) is 0 Å². The summed E-state index contributed by atoms with van der Waals surface area (Å²) in [6.07, 6.45) is 2.70. The maximum absolute atomic E-state index is 5.68. The monoisotopic (exact) mass is 480 g/mol. The Balaban J connectivity index is 0.00000261. The fourth-order valence-corrected chi connectivity index (χ4v) is 2.53. The molecule has 144 valence electrons. The smallest absolute Gasteiger partial charge is 0.191 e. The van der Waals surface area contributed by atoms with Crippen molar-refractivity contribution in [2.45, 2.75) is 13.3 Å². The third-order valence-corrected chi connectivity index (χ3v) is 3.74. The SMILES string of the molecule is CCNC(=NCCc1nnc2ccccn12)NCCOc1ccccc1.I. The molecule has 0 spiro atoms. The van der Waals surface area contributed by atoms with Gasteiger partial charge in [-0.1, -0.05) is 24.3 Å². The third kappa shape index (κ3) is 6.38. The number of rotatable bonds is 8. The third-order valence-electron chi connectivity index (χ3n) is 3.74. The molecule has 3 aromatic rings. The molecule has 0 unspecified atom stereocenters. The molecule has 0 amide bonds. The first kappa shape index (κ1) is 20.9.